The van der Waals surface area contributed by atoms with Gasteiger partial charge in [-0.3, -0.25) is 0 Å². The zero-order chi connectivity index (χ0) is 10.3. The molecule has 1 aromatic rings. The Balaban J connectivity index is 2.68. The zero-order valence-electron chi connectivity index (χ0n) is 7.44. The van der Waals surface area contributed by atoms with Crippen molar-refractivity contribution in [2.24, 2.45) is 0 Å². The van der Waals surface area contributed by atoms with E-state index in [2.05, 4.69) is 4.72 Å². The Bertz CT molecular complexity index is 460. The number of anilines is 1. The van der Waals surface area contributed by atoms with Crippen molar-refractivity contribution in [3.05, 3.63) is 24.3 Å². The van der Waals surface area contributed by atoms with Crippen molar-refractivity contribution < 1.29 is 8.42 Å². The molecule has 0 radical (unpaired) electrons. The number of fused-ring (bicyclic) bond motifs is 1. The smallest absolute Gasteiger partial charge is 0.245 e. The number of alkyl halides is 1. The van der Waals surface area contributed by atoms with Gasteiger partial charge in [-0.25, -0.2) is 8.42 Å². The van der Waals surface area contributed by atoms with Crippen LogP contribution in [0.25, 0.3) is 0 Å². The summed E-state index contributed by atoms with van der Waals surface area (Å²) in [5.74, 6) is 0. The van der Waals surface area contributed by atoms with Crippen molar-refractivity contribution in [1.29, 1.82) is 0 Å². The molecule has 0 saturated heterocycles. The van der Waals surface area contributed by atoms with Crippen molar-refractivity contribution in [2.45, 2.75) is 10.5 Å². The first kappa shape index (κ1) is 9.76. The van der Waals surface area contributed by atoms with E-state index in [0.29, 0.717) is 5.69 Å². The first-order chi connectivity index (χ1) is 6.52. The Morgan fingerprint density at radius 3 is 2.79 bits per heavy atom. The zero-order valence-corrected chi connectivity index (χ0v) is 9.01. The van der Waals surface area contributed by atoms with Crippen molar-refractivity contribution in [3.8, 4) is 0 Å². The first-order valence-electron chi connectivity index (χ1n) is 4.00. The van der Waals surface area contributed by atoms with Crippen LogP contribution in [0.1, 0.15) is 0 Å². The highest BCUT2D eigenvalue weighted by atomic mass is 35.5. The van der Waals surface area contributed by atoms with Crippen LogP contribution in [0.2, 0.25) is 0 Å². The molecule has 0 saturated carbocycles. The summed E-state index contributed by atoms with van der Waals surface area (Å²) < 4.78 is 25.5. The van der Waals surface area contributed by atoms with Crippen LogP contribution < -0.4 is 9.62 Å². The molecular weight excluding hydrogens is 224 g/mol. The van der Waals surface area contributed by atoms with Crippen molar-refractivity contribution in [1.82, 2.24) is 4.72 Å². The maximum Gasteiger partial charge on any atom is 0.245 e. The highest BCUT2D eigenvalue weighted by Gasteiger charge is 2.31. The van der Waals surface area contributed by atoms with E-state index >= 15 is 0 Å². The van der Waals surface area contributed by atoms with Crippen LogP contribution in [0.5, 0.6) is 0 Å². The molecule has 0 amide bonds. The second kappa shape index (κ2) is 3.12. The molecule has 6 heteroatoms. The van der Waals surface area contributed by atoms with Gasteiger partial charge in [-0.2, -0.15) is 4.72 Å². The van der Waals surface area contributed by atoms with E-state index in [4.69, 9.17) is 11.6 Å². The molecule has 1 aromatic carbocycles. The van der Waals surface area contributed by atoms with Gasteiger partial charge in [-0.15, -0.1) is 0 Å². The topological polar surface area (TPSA) is 49.4 Å². The van der Waals surface area contributed by atoms with Crippen molar-refractivity contribution >= 4 is 27.3 Å². The van der Waals surface area contributed by atoms with Gasteiger partial charge in [0.25, 0.3) is 0 Å². The van der Waals surface area contributed by atoms with E-state index in [1.807, 2.05) is 0 Å². The van der Waals surface area contributed by atoms with Crippen LogP contribution in [0, 0.1) is 0 Å². The van der Waals surface area contributed by atoms with Crippen LogP contribution in [-0.4, -0.2) is 21.1 Å². The maximum absolute atomic E-state index is 11.6. The van der Waals surface area contributed by atoms with E-state index in [1.54, 1.807) is 36.2 Å². The summed E-state index contributed by atoms with van der Waals surface area (Å²) in [6.07, 6.45) is 0. The second-order valence-corrected chi connectivity index (χ2v) is 5.13. The fourth-order valence-electron chi connectivity index (χ4n) is 1.37. The summed E-state index contributed by atoms with van der Waals surface area (Å²) in [6.45, 7) is 0. The molecule has 0 aliphatic carbocycles. The Labute approximate surface area is 87.5 Å². The molecule has 1 heterocycles. The number of hydrogen-bond acceptors (Lipinski definition) is 3. The monoisotopic (exact) mass is 232 g/mol. The number of benzene rings is 1. The minimum Gasteiger partial charge on any atom is -0.344 e. The third-order valence-corrected chi connectivity index (χ3v) is 4.12. The summed E-state index contributed by atoms with van der Waals surface area (Å²) in [5.41, 5.74) is -0.110. The standard InChI is InChI=1S/C8H9ClN2O2S/c1-11-6-4-2-3-5-7(6)14(12,13)10-8(11)9/h2-5,8,10H,1H3. The van der Waals surface area contributed by atoms with E-state index < -0.39 is 15.6 Å². The lowest BCUT2D eigenvalue weighted by Crippen LogP contribution is -2.47. The Morgan fingerprint density at radius 1 is 1.43 bits per heavy atom. The summed E-state index contributed by atoms with van der Waals surface area (Å²) >= 11 is 5.81. The number of sulfonamides is 1. The minimum absolute atomic E-state index is 0.263. The summed E-state index contributed by atoms with van der Waals surface area (Å²) in [5, 5.41) is 0. The van der Waals surface area contributed by atoms with Gasteiger partial charge < -0.3 is 4.90 Å². The molecule has 0 fully saturated rings. The molecule has 76 valence electrons. The summed E-state index contributed by atoms with van der Waals surface area (Å²) in [4.78, 5) is 1.93. The fraction of sp³-hybridized carbons (Fsp3) is 0.250. The van der Waals surface area contributed by atoms with Gasteiger partial charge >= 0.3 is 0 Å². The van der Waals surface area contributed by atoms with Crippen LogP contribution >= 0.6 is 11.6 Å². The lowest BCUT2D eigenvalue weighted by molar-refractivity contribution is 0.568. The highest BCUT2D eigenvalue weighted by Crippen LogP contribution is 2.30. The second-order valence-electron chi connectivity index (χ2n) is 3.04. The number of nitrogens with zero attached hydrogens (tertiary/aromatic N) is 1. The molecule has 1 atom stereocenters. The highest BCUT2D eigenvalue weighted by molar-refractivity contribution is 7.89. The molecule has 4 nitrogen and oxygen atoms in total. The molecule has 1 aliphatic rings. The quantitative estimate of drug-likeness (QED) is 0.535. The van der Waals surface area contributed by atoms with E-state index in [0.717, 1.165) is 0 Å². The van der Waals surface area contributed by atoms with Gasteiger partial charge in [-0.05, 0) is 12.1 Å². The summed E-state index contributed by atoms with van der Waals surface area (Å²) in [6, 6.07) is 6.74. The first-order valence-corrected chi connectivity index (χ1v) is 5.92. The van der Waals surface area contributed by atoms with E-state index in [-0.39, 0.29) is 4.90 Å². The van der Waals surface area contributed by atoms with Crippen molar-refractivity contribution in [2.75, 3.05) is 11.9 Å². The largest absolute Gasteiger partial charge is 0.344 e. The van der Waals surface area contributed by atoms with Crippen LogP contribution in [-0.2, 0) is 10.0 Å². The molecule has 0 aromatic heterocycles. The lowest BCUT2D eigenvalue weighted by atomic mass is 10.3. The third kappa shape index (κ3) is 1.37. The lowest BCUT2D eigenvalue weighted by Gasteiger charge is -2.32. The van der Waals surface area contributed by atoms with E-state index in [9.17, 15) is 8.42 Å². The van der Waals surface area contributed by atoms with Crippen LogP contribution in [0.15, 0.2) is 29.2 Å². The molecule has 1 unspecified atom stereocenters. The predicted octanol–water partition coefficient (Wildman–Crippen LogP) is 0.937. The molecule has 1 aliphatic heterocycles. The third-order valence-electron chi connectivity index (χ3n) is 2.13. The van der Waals surface area contributed by atoms with Crippen LogP contribution in [0.4, 0.5) is 5.69 Å². The maximum atomic E-state index is 11.6. The fourth-order valence-corrected chi connectivity index (χ4v) is 3.11. The predicted molar refractivity (Wildman–Crippen MR) is 54.8 cm³/mol. The number of para-hydroxylation sites is 1. The van der Waals surface area contributed by atoms with E-state index in [1.165, 1.54) is 0 Å². The Kier molecular flexibility index (Phi) is 2.17. The Morgan fingerprint density at radius 2 is 2.07 bits per heavy atom. The number of rotatable bonds is 0. The number of nitrogens with one attached hydrogen (secondary N) is 1. The SMILES string of the molecule is CN1c2ccccc2S(=O)(=O)NC1Cl. The van der Waals surface area contributed by atoms with Crippen LogP contribution in [0.3, 0.4) is 0 Å². The van der Waals surface area contributed by atoms with Crippen molar-refractivity contribution in [3.63, 3.8) is 0 Å². The molecule has 0 bridgehead atoms. The molecule has 14 heavy (non-hydrogen) atoms. The van der Waals surface area contributed by atoms with Gasteiger partial charge in [-0.1, -0.05) is 23.7 Å². The number of halogens is 1. The summed E-state index contributed by atoms with van der Waals surface area (Å²) in [7, 11) is -1.71. The molecule has 1 N–H and O–H groups in total. The number of hydrogen-bond donors (Lipinski definition) is 1. The Hall–Kier alpha value is -0.780. The normalized spacial score (nSPS) is 24.4. The van der Waals surface area contributed by atoms with Gasteiger partial charge in [0.2, 0.25) is 10.0 Å². The van der Waals surface area contributed by atoms with Gasteiger partial charge in [0.05, 0.1) is 5.69 Å². The minimum atomic E-state index is -3.45. The molecule has 0 spiro atoms. The molecular formula is C8H9ClN2O2S. The average Bonchev–Trinajstić information content (AvgIpc) is 2.14. The molecule has 2 rings (SSSR count). The van der Waals surface area contributed by atoms with Gasteiger partial charge in [0, 0.05) is 7.05 Å². The van der Waals surface area contributed by atoms with Gasteiger partial charge in [0.15, 0.2) is 5.62 Å². The van der Waals surface area contributed by atoms with Gasteiger partial charge in [0.1, 0.15) is 4.90 Å². The average molecular weight is 233 g/mol.